The highest BCUT2D eigenvalue weighted by atomic mass is 19.1. The summed E-state index contributed by atoms with van der Waals surface area (Å²) in [5, 5.41) is 7.71. The Morgan fingerprint density at radius 3 is 2.88 bits per heavy atom. The first kappa shape index (κ1) is 16.3. The first-order valence-corrected chi connectivity index (χ1v) is 8.53. The summed E-state index contributed by atoms with van der Waals surface area (Å²) in [7, 11) is 0. The largest absolute Gasteiger partial charge is 0.370 e. The molecule has 0 fully saturated rings. The summed E-state index contributed by atoms with van der Waals surface area (Å²) in [6, 6.07) is 10.6. The molecular weight excluding hydrogens is 331 g/mol. The van der Waals surface area contributed by atoms with E-state index in [2.05, 4.69) is 31.9 Å². The Morgan fingerprint density at radius 1 is 1.19 bits per heavy atom. The van der Waals surface area contributed by atoms with Crippen LogP contribution in [0.25, 0.3) is 16.9 Å². The van der Waals surface area contributed by atoms with Crippen molar-refractivity contribution in [3.63, 3.8) is 0 Å². The minimum Gasteiger partial charge on any atom is -0.370 e. The van der Waals surface area contributed by atoms with Crippen LogP contribution in [0.1, 0.15) is 19.4 Å². The standard InChI is InChI=1S/C19H19FN6/c1-14(25-11-10-21-13-25)6-8-22-19-12-17(15-4-2-3-5-16(15)20)24-18-7-9-23-26(18)19/h2-5,7,9-14,22H,6,8H2,1H3. The van der Waals surface area contributed by atoms with Crippen LogP contribution >= 0.6 is 0 Å². The fraction of sp³-hybridized carbons (Fsp3) is 0.211. The molecule has 0 bridgehead atoms. The Labute approximate surface area is 150 Å². The highest BCUT2D eigenvalue weighted by molar-refractivity contribution is 5.66. The molecule has 132 valence electrons. The van der Waals surface area contributed by atoms with Crippen LogP contribution in [-0.2, 0) is 0 Å². The number of hydrogen-bond acceptors (Lipinski definition) is 4. The Hall–Kier alpha value is -3.22. The molecular formula is C19H19FN6. The topological polar surface area (TPSA) is 60.0 Å². The second kappa shape index (κ2) is 6.95. The Balaban J connectivity index is 1.58. The quantitative estimate of drug-likeness (QED) is 0.575. The predicted molar refractivity (Wildman–Crippen MR) is 98.4 cm³/mol. The Kier molecular flexibility index (Phi) is 4.35. The molecule has 3 aromatic heterocycles. The lowest BCUT2D eigenvalue weighted by molar-refractivity contribution is 0.519. The molecule has 1 unspecified atom stereocenters. The molecule has 7 heteroatoms. The zero-order valence-electron chi connectivity index (χ0n) is 14.4. The third-order valence-electron chi connectivity index (χ3n) is 4.41. The van der Waals surface area contributed by atoms with Crippen LogP contribution in [0.2, 0.25) is 0 Å². The number of imidazole rings is 1. The number of benzene rings is 1. The molecule has 1 atom stereocenters. The fourth-order valence-corrected chi connectivity index (χ4v) is 2.93. The van der Waals surface area contributed by atoms with E-state index in [1.54, 1.807) is 35.1 Å². The molecule has 0 spiro atoms. The van der Waals surface area contributed by atoms with Crippen molar-refractivity contribution in [2.75, 3.05) is 11.9 Å². The minimum atomic E-state index is -0.288. The van der Waals surface area contributed by atoms with Crippen LogP contribution < -0.4 is 5.32 Å². The van der Waals surface area contributed by atoms with E-state index in [9.17, 15) is 4.39 Å². The van der Waals surface area contributed by atoms with Crippen LogP contribution in [0.15, 0.2) is 61.3 Å². The number of hydrogen-bond donors (Lipinski definition) is 1. The van der Waals surface area contributed by atoms with E-state index >= 15 is 0 Å². The lowest BCUT2D eigenvalue weighted by Gasteiger charge is -2.15. The van der Waals surface area contributed by atoms with Gasteiger partial charge in [-0.1, -0.05) is 12.1 Å². The lowest BCUT2D eigenvalue weighted by atomic mass is 10.1. The van der Waals surface area contributed by atoms with Gasteiger partial charge in [0.05, 0.1) is 18.2 Å². The van der Waals surface area contributed by atoms with Crippen molar-refractivity contribution in [1.82, 2.24) is 24.1 Å². The molecule has 3 heterocycles. The van der Waals surface area contributed by atoms with Gasteiger partial charge in [-0.3, -0.25) is 0 Å². The van der Waals surface area contributed by atoms with E-state index in [-0.39, 0.29) is 5.82 Å². The van der Waals surface area contributed by atoms with Gasteiger partial charge in [0.1, 0.15) is 11.6 Å². The molecule has 4 rings (SSSR count). The van der Waals surface area contributed by atoms with Crippen LogP contribution in [0.5, 0.6) is 0 Å². The van der Waals surface area contributed by atoms with Gasteiger partial charge in [0.2, 0.25) is 0 Å². The van der Waals surface area contributed by atoms with Crippen LogP contribution in [0.4, 0.5) is 10.2 Å². The number of rotatable bonds is 6. The van der Waals surface area contributed by atoms with E-state index in [0.717, 1.165) is 18.8 Å². The van der Waals surface area contributed by atoms with Crippen LogP contribution in [-0.4, -0.2) is 30.7 Å². The molecule has 0 aliphatic carbocycles. The summed E-state index contributed by atoms with van der Waals surface area (Å²) in [5.74, 6) is 0.500. The summed E-state index contributed by atoms with van der Waals surface area (Å²) in [4.78, 5) is 8.60. The minimum absolute atomic E-state index is 0.288. The highest BCUT2D eigenvalue weighted by Gasteiger charge is 2.11. The molecule has 0 saturated heterocycles. The SMILES string of the molecule is CC(CCNc1cc(-c2ccccc2F)nc2ccnn12)n1ccnc1. The zero-order valence-corrected chi connectivity index (χ0v) is 14.4. The highest BCUT2D eigenvalue weighted by Crippen LogP contribution is 2.24. The van der Waals surface area contributed by atoms with Gasteiger partial charge in [-0.25, -0.2) is 14.4 Å². The van der Waals surface area contributed by atoms with E-state index in [4.69, 9.17) is 0 Å². The third-order valence-corrected chi connectivity index (χ3v) is 4.41. The molecule has 6 nitrogen and oxygen atoms in total. The van der Waals surface area contributed by atoms with Crippen molar-refractivity contribution in [1.29, 1.82) is 0 Å². The van der Waals surface area contributed by atoms with Crippen LogP contribution in [0, 0.1) is 5.82 Å². The second-order valence-electron chi connectivity index (χ2n) is 6.18. The monoisotopic (exact) mass is 350 g/mol. The van der Waals surface area contributed by atoms with Gasteiger partial charge in [-0.05, 0) is 25.5 Å². The number of fused-ring (bicyclic) bond motifs is 1. The summed E-state index contributed by atoms with van der Waals surface area (Å²) in [6.45, 7) is 2.89. The lowest BCUT2D eigenvalue weighted by Crippen LogP contribution is -2.12. The molecule has 1 aromatic carbocycles. The number of halogens is 1. The molecule has 0 amide bonds. The average Bonchev–Trinajstić information content (AvgIpc) is 3.33. The van der Waals surface area contributed by atoms with E-state index in [1.807, 2.05) is 24.7 Å². The van der Waals surface area contributed by atoms with Crippen molar-refractivity contribution in [2.24, 2.45) is 0 Å². The summed E-state index contributed by atoms with van der Waals surface area (Å²) in [5.41, 5.74) is 1.74. The fourth-order valence-electron chi connectivity index (χ4n) is 2.93. The van der Waals surface area contributed by atoms with Gasteiger partial charge in [0.15, 0.2) is 5.65 Å². The molecule has 0 radical (unpaired) electrons. The molecule has 4 aromatic rings. The Morgan fingerprint density at radius 2 is 2.08 bits per heavy atom. The first-order chi connectivity index (χ1) is 12.7. The van der Waals surface area contributed by atoms with E-state index < -0.39 is 0 Å². The molecule has 0 aliphatic heterocycles. The zero-order chi connectivity index (χ0) is 17.9. The second-order valence-corrected chi connectivity index (χ2v) is 6.18. The van der Waals surface area contributed by atoms with E-state index in [1.165, 1.54) is 6.07 Å². The molecule has 1 N–H and O–H groups in total. The maximum Gasteiger partial charge on any atom is 0.157 e. The van der Waals surface area contributed by atoms with Crippen LogP contribution in [0.3, 0.4) is 0 Å². The van der Waals surface area contributed by atoms with Gasteiger partial charge >= 0.3 is 0 Å². The Bertz CT molecular complexity index is 1010. The first-order valence-electron chi connectivity index (χ1n) is 8.53. The molecule has 0 aliphatic rings. The number of aromatic nitrogens is 5. The van der Waals surface area contributed by atoms with Gasteiger partial charge in [0.25, 0.3) is 0 Å². The maximum atomic E-state index is 14.2. The predicted octanol–water partition coefficient (Wildman–Crippen LogP) is 3.80. The summed E-state index contributed by atoms with van der Waals surface area (Å²) in [6.07, 6.45) is 8.15. The van der Waals surface area contributed by atoms with Gasteiger partial charge in [0, 0.05) is 42.7 Å². The van der Waals surface area contributed by atoms with Crippen molar-refractivity contribution < 1.29 is 4.39 Å². The average molecular weight is 350 g/mol. The van der Waals surface area contributed by atoms with E-state index in [0.29, 0.717) is 22.9 Å². The number of anilines is 1. The smallest absolute Gasteiger partial charge is 0.157 e. The summed E-state index contributed by atoms with van der Waals surface area (Å²) < 4.78 is 18.0. The van der Waals surface area contributed by atoms with Crippen molar-refractivity contribution >= 4 is 11.5 Å². The molecule has 0 saturated carbocycles. The van der Waals surface area contributed by atoms with Crippen molar-refractivity contribution in [3.05, 3.63) is 67.1 Å². The van der Waals surface area contributed by atoms with Crippen molar-refractivity contribution in [2.45, 2.75) is 19.4 Å². The van der Waals surface area contributed by atoms with Gasteiger partial charge in [-0.2, -0.15) is 9.61 Å². The number of nitrogens with zero attached hydrogens (tertiary/aromatic N) is 5. The van der Waals surface area contributed by atoms with Gasteiger partial charge in [-0.15, -0.1) is 0 Å². The summed E-state index contributed by atoms with van der Waals surface area (Å²) >= 11 is 0. The normalized spacial score (nSPS) is 12.4. The van der Waals surface area contributed by atoms with Gasteiger partial charge < -0.3 is 9.88 Å². The molecule has 26 heavy (non-hydrogen) atoms. The maximum absolute atomic E-state index is 14.2. The third kappa shape index (κ3) is 3.15. The van der Waals surface area contributed by atoms with Crippen molar-refractivity contribution in [3.8, 4) is 11.3 Å². The number of nitrogens with one attached hydrogen (secondary N) is 1.